The molecular formula is C16H32O2. The number of rotatable bonds is 14. The van der Waals surface area contributed by atoms with Crippen molar-refractivity contribution in [1.29, 1.82) is 0 Å². The van der Waals surface area contributed by atoms with Crippen molar-refractivity contribution >= 4 is 5.97 Å². The van der Waals surface area contributed by atoms with Gasteiger partial charge in [0.2, 0.25) is 0 Å². The molecule has 0 atom stereocenters. The van der Waals surface area contributed by atoms with E-state index in [1.165, 1.54) is 70.6 Å². The van der Waals surface area contributed by atoms with E-state index >= 15 is 0 Å². The minimum absolute atomic E-state index is 0.345. The molecule has 0 aliphatic heterocycles. The molecule has 0 fully saturated rings. The number of aliphatic carboxylic acids is 1. The molecule has 2 heteroatoms. The van der Waals surface area contributed by atoms with Crippen LogP contribution in [0.5, 0.6) is 0 Å². The zero-order valence-electron chi connectivity index (χ0n) is 12.3. The lowest BCUT2D eigenvalue weighted by atomic mass is 9.86. The summed E-state index contributed by atoms with van der Waals surface area (Å²) in [7, 11) is 0. The second-order valence-electron chi connectivity index (χ2n) is 5.39. The second-order valence-corrected chi connectivity index (χ2v) is 5.39. The zero-order valence-corrected chi connectivity index (χ0v) is 12.3. The van der Waals surface area contributed by atoms with Gasteiger partial charge in [0.1, 0.15) is 0 Å². The van der Waals surface area contributed by atoms with Gasteiger partial charge in [-0.15, -0.1) is 0 Å². The molecular weight excluding hydrogens is 223 g/mol. The molecule has 0 aromatic carbocycles. The molecule has 0 aliphatic carbocycles. The Hall–Kier alpha value is -0.530. The van der Waals surface area contributed by atoms with Crippen molar-refractivity contribution in [2.75, 3.05) is 0 Å². The van der Waals surface area contributed by atoms with Crippen molar-refractivity contribution in [3.63, 3.8) is 0 Å². The van der Waals surface area contributed by atoms with E-state index in [0.717, 1.165) is 12.8 Å². The van der Waals surface area contributed by atoms with Gasteiger partial charge < -0.3 is 5.11 Å². The fourth-order valence-electron chi connectivity index (χ4n) is 2.29. The van der Waals surface area contributed by atoms with Gasteiger partial charge >= 0.3 is 5.97 Å². The summed E-state index contributed by atoms with van der Waals surface area (Å²) in [5.74, 6) is -0.655. The Balaban J connectivity index is 2.92. The van der Waals surface area contributed by atoms with Crippen LogP contribution in [-0.4, -0.2) is 11.1 Å². The van der Waals surface area contributed by atoms with Crippen LogP contribution in [0.4, 0.5) is 0 Å². The van der Waals surface area contributed by atoms with Gasteiger partial charge in [-0.25, -0.2) is 0 Å². The van der Waals surface area contributed by atoms with Crippen LogP contribution in [0, 0.1) is 0 Å². The van der Waals surface area contributed by atoms with Crippen LogP contribution >= 0.6 is 0 Å². The van der Waals surface area contributed by atoms with Crippen LogP contribution < -0.4 is 0 Å². The monoisotopic (exact) mass is 255 g/mol. The second kappa shape index (κ2) is 14.5. The molecule has 0 amide bonds. The van der Waals surface area contributed by atoms with Gasteiger partial charge in [-0.05, 0) is 6.42 Å². The summed E-state index contributed by atoms with van der Waals surface area (Å²) in [5, 5.41) is 8.49. The van der Waals surface area contributed by atoms with E-state index in [-0.39, 0.29) is 0 Å². The van der Waals surface area contributed by atoms with Crippen LogP contribution in [0.3, 0.4) is 0 Å². The summed E-state index contributed by atoms with van der Waals surface area (Å²) >= 11 is 0. The first kappa shape index (κ1) is 17.5. The summed E-state index contributed by atoms with van der Waals surface area (Å²) in [5.41, 5.74) is 0. The maximum Gasteiger partial charge on any atom is 0.303 e. The largest absolute Gasteiger partial charge is 0.481 e. The van der Waals surface area contributed by atoms with E-state index in [9.17, 15) is 4.79 Å². The van der Waals surface area contributed by atoms with E-state index in [2.05, 4.69) is 6.92 Å². The Bertz CT molecular complexity index is 178. The predicted molar refractivity (Wildman–Crippen MR) is 77.9 cm³/mol. The minimum Gasteiger partial charge on any atom is -0.481 e. The highest BCUT2D eigenvalue weighted by atomic mass is 16.4. The number of carboxylic acids is 1. The minimum atomic E-state index is -0.655. The third kappa shape index (κ3) is 15.5. The van der Waals surface area contributed by atoms with E-state index < -0.39 is 5.97 Å². The lowest BCUT2D eigenvalue weighted by Gasteiger charge is -2.02. The average Bonchev–Trinajstić information content (AvgIpc) is 2.34. The van der Waals surface area contributed by atoms with E-state index in [0.29, 0.717) is 6.42 Å². The van der Waals surface area contributed by atoms with Gasteiger partial charge in [0.15, 0.2) is 0 Å². The molecule has 0 spiro atoms. The number of carbonyl (C=O) groups is 1. The van der Waals surface area contributed by atoms with Gasteiger partial charge in [0, 0.05) is 6.42 Å². The smallest absolute Gasteiger partial charge is 0.303 e. The lowest BCUT2D eigenvalue weighted by Crippen LogP contribution is -1.93. The molecule has 0 radical (unpaired) electrons. The van der Waals surface area contributed by atoms with Gasteiger partial charge in [0.25, 0.3) is 0 Å². The summed E-state index contributed by atoms with van der Waals surface area (Å²) < 4.78 is 0. The van der Waals surface area contributed by atoms with Crippen molar-refractivity contribution in [2.45, 2.75) is 96.8 Å². The first-order valence-corrected chi connectivity index (χ1v) is 7.99. The fourth-order valence-corrected chi connectivity index (χ4v) is 2.29. The zero-order chi connectivity index (χ0) is 13.5. The van der Waals surface area contributed by atoms with Crippen LogP contribution in [0.1, 0.15) is 96.8 Å². The first-order valence-electron chi connectivity index (χ1n) is 7.99. The third-order valence-electron chi connectivity index (χ3n) is 3.49. The Morgan fingerprint density at radius 1 is 0.667 bits per heavy atom. The summed E-state index contributed by atoms with van der Waals surface area (Å²) in [4.78, 5) is 10.3. The molecule has 0 aliphatic rings. The van der Waals surface area contributed by atoms with Crippen molar-refractivity contribution in [1.82, 2.24) is 0 Å². The highest BCUT2D eigenvalue weighted by Gasteiger charge is 1.96. The normalized spacial score (nSPS) is 10.7. The lowest BCUT2D eigenvalue weighted by molar-refractivity contribution is -0.137. The van der Waals surface area contributed by atoms with E-state index in [4.69, 9.17) is 5.11 Å². The van der Waals surface area contributed by atoms with Gasteiger partial charge in [0.05, 0.1) is 0 Å². The van der Waals surface area contributed by atoms with Crippen LogP contribution in [0.2, 0.25) is 0 Å². The number of carboxylic acid groups (broad SMARTS) is 1. The average molecular weight is 255 g/mol. The highest BCUT2D eigenvalue weighted by Crippen LogP contribution is 2.12. The number of hydrogen-bond acceptors (Lipinski definition) is 1. The van der Waals surface area contributed by atoms with Crippen molar-refractivity contribution in [3.05, 3.63) is 0 Å². The maximum absolute atomic E-state index is 10.3. The number of hydrogen-bond donors (Lipinski definition) is 1. The first-order chi connectivity index (χ1) is 8.77. The van der Waals surface area contributed by atoms with Crippen molar-refractivity contribution < 1.29 is 9.90 Å². The molecule has 2 nitrogen and oxygen atoms in total. The molecule has 0 heterocycles. The molecule has 0 saturated carbocycles. The Morgan fingerprint density at radius 3 is 1.33 bits per heavy atom. The standard InChI is InChI=1S/C16H32O2/c1-2-3-4-5-6-7-8-9-10-11-12-13-14-15-16(17)18/h2-15H2,1H3,(H,17,18)/i2-1. The molecule has 0 unspecified atom stereocenters. The Morgan fingerprint density at radius 2 is 1.00 bits per heavy atom. The van der Waals surface area contributed by atoms with Crippen LogP contribution in [0.15, 0.2) is 0 Å². The fraction of sp³-hybridized carbons (Fsp3) is 0.938. The van der Waals surface area contributed by atoms with Gasteiger partial charge in [-0.3, -0.25) is 4.79 Å². The number of unbranched alkanes of at least 4 members (excludes halogenated alkanes) is 12. The quantitative estimate of drug-likeness (QED) is 0.413. The molecule has 0 aromatic heterocycles. The molecule has 0 saturated heterocycles. The summed E-state index contributed by atoms with van der Waals surface area (Å²) in [6, 6.07) is 0. The Labute approximate surface area is 113 Å². The molecule has 0 bridgehead atoms. The SMILES string of the molecule is C[11CH2]CCCCCCCCCCCCCC(=O)O. The molecule has 0 rings (SSSR count). The highest BCUT2D eigenvalue weighted by molar-refractivity contribution is 5.66. The van der Waals surface area contributed by atoms with E-state index in [1.807, 2.05) is 0 Å². The molecule has 108 valence electrons. The molecule has 1 N–H and O–H groups in total. The predicted octanol–water partition coefficient (Wildman–Crippen LogP) is 5.55. The maximum atomic E-state index is 10.3. The Kier molecular flexibility index (Phi) is 14.1. The van der Waals surface area contributed by atoms with Gasteiger partial charge in [-0.2, -0.15) is 0 Å². The molecule has 18 heavy (non-hydrogen) atoms. The molecule has 0 aromatic rings. The van der Waals surface area contributed by atoms with Gasteiger partial charge in [-0.1, -0.05) is 84.0 Å². The summed E-state index contributed by atoms with van der Waals surface area (Å²) in [6.07, 6.45) is 17.3. The summed E-state index contributed by atoms with van der Waals surface area (Å²) in [6.45, 7) is 2.26. The van der Waals surface area contributed by atoms with Crippen molar-refractivity contribution in [3.8, 4) is 0 Å². The van der Waals surface area contributed by atoms with E-state index in [1.54, 1.807) is 0 Å². The van der Waals surface area contributed by atoms with Crippen LogP contribution in [-0.2, 0) is 4.79 Å². The topological polar surface area (TPSA) is 37.3 Å². The van der Waals surface area contributed by atoms with Crippen LogP contribution in [0.25, 0.3) is 0 Å². The van der Waals surface area contributed by atoms with Crippen molar-refractivity contribution in [2.24, 2.45) is 0 Å². The third-order valence-corrected chi connectivity index (χ3v) is 3.49.